The number of morpholine rings is 4. The van der Waals surface area contributed by atoms with Gasteiger partial charge in [0.1, 0.15) is 11.4 Å². The van der Waals surface area contributed by atoms with Gasteiger partial charge < -0.3 is 69.3 Å². The molecule has 0 atom stereocenters. The zero-order valence-corrected chi connectivity index (χ0v) is 73.0. The van der Waals surface area contributed by atoms with Gasteiger partial charge in [-0.05, 0) is 133 Å². The lowest BCUT2D eigenvalue weighted by Crippen LogP contribution is -2.37. The molecule has 4 saturated heterocycles. The summed E-state index contributed by atoms with van der Waals surface area (Å²) in [6.07, 6.45) is 2.16. The summed E-state index contributed by atoms with van der Waals surface area (Å²) in [4.78, 5) is 71.3. The molecule has 0 spiro atoms. The highest BCUT2D eigenvalue weighted by atomic mass is 35.5. The fourth-order valence-electron chi connectivity index (χ4n) is 13.3. The van der Waals surface area contributed by atoms with E-state index in [1.807, 2.05) is 95.7 Å². The maximum absolute atomic E-state index is 14.2. The molecule has 4 N–H and O–H groups in total. The monoisotopic (exact) mass is 1860 g/mol. The standard InChI is InChI=1S/C23H21ClF4N6O.C23H22F4N6O2.C23H24FN5O.C22H22ClFN6O2/c24-11-20-19(31-16-3-1-2-15(10-16)23(26,27)28)5-4-17(32-20)12-29-14-21-30-13-18(25)22(33-21)34-6-8-35-9-7-34;1-34-22-19(30-16-4-2-3-15(11-16)23(25,26)27)6-5-17(31-22)12-28-14-20-29-13-18(24)21(32-20)33-7-9-35-10-8-33;1-17-13-20(27-19-5-3-2-4-6-19)8-7-18(17)14-25-16-22-26-15-21(24)23(28-22)29-9-11-30-12-10-29;1-31-22-19(27-16-4-2-3-15(23)11-16)6-5-17(28-22)12-25-14-20-26-13-18(24)21(29-20)30-7-9-32-10-8-30/h1-5,10,12-13,31H,6-9,11,14H2;2-6,11-13,30H,7-10,14H2,1H3;2-8,13-15,27H,9-12,16H2,1H3;2-6,11-13,27H,7-10,14H2,1H3. The molecular formula is C91H89Cl2F10N23O6. The number of methoxy groups -OCH3 is 2. The second-order valence-electron chi connectivity index (χ2n) is 29.2. The summed E-state index contributed by atoms with van der Waals surface area (Å²) < 4.78 is 166. The smallest absolute Gasteiger partial charge is 0.416 e. The Kier molecular flexibility index (Phi) is 34.3. The lowest BCUT2D eigenvalue weighted by Gasteiger charge is -2.28. The summed E-state index contributed by atoms with van der Waals surface area (Å²) in [7, 11) is 2.95. The van der Waals surface area contributed by atoms with Gasteiger partial charge in [-0.3, -0.25) is 20.0 Å². The molecule has 0 bridgehead atoms. The van der Waals surface area contributed by atoms with Crippen molar-refractivity contribution in [2.75, 3.05) is 160 Å². The first kappa shape index (κ1) is 95.8. The fraction of sp³-hybridized carbons (Fsp3) is 0.286. The predicted molar refractivity (Wildman–Crippen MR) is 486 cm³/mol. The molecule has 4 fully saturated rings. The molecule has 0 amide bonds. The van der Waals surface area contributed by atoms with Crippen molar-refractivity contribution >= 4 is 117 Å². The first-order valence-corrected chi connectivity index (χ1v) is 42.2. The molecule has 29 nitrogen and oxygen atoms in total. The Hall–Kier alpha value is -13.7. The van der Waals surface area contributed by atoms with E-state index >= 15 is 0 Å². The van der Waals surface area contributed by atoms with Crippen molar-refractivity contribution in [3.05, 3.63) is 279 Å². The summed E-state index contributed by atoms with van der Waals surface area (Å²) in [5.41, 5.74) is 7.55. The van der Waals surface area contributed by atoms with Crippen LogP contribution < -0.4 is 50.3 Å². The number of hydrogen-bond acceptors (Lipinski definition) is 29. The minimum atomic E-state index is -4.45. The van der Waals surface area contributed by atoms with Crippen LogP contribution in [0.3, 0.4) is 0 Å². The molecule has 0 radical (unpaired) electrons. The molecule has 11 heterocycles. The van der Waals surface area contributed by atoms with Crippen LogP contribution in [0.2, 0.25) is 5.02 Å². The number of benzene rings is 5. The van der Waals surface area contributed by atoms with Gasteiger partial charge in [0.25, 0.3) is 0 Å². The van der Waals surface area contributed by atoms with Crippen LogP contribution in [0.15, 0.2) is 202 Å². The number of aryl methyl sites for hydroxylation is 1. The number of para-hydroxylation sites is 1. The molecule has 132 heavy (non-hydrogen) atoms. The highest BCUT2D eigenvalue weighted by Gasteiger charge is 2.32. The normalized spacial score (nSPS) is 14.3. The third-order valence-corrected chi connectivity index (χ3v) is 20.3. The third kappa shape index (κ3) is 28.1. The Bertz CT molecular complexity index is 5770. The van der Waals surface area contributed by atoms with Gasteiger partial charge in [0.2, 0.25) is 11.8 Å². The van der Waals surface area contributed by atoms with Crippen LogP contribution in [0, 0.1) is 30.2 Å². The predicted octanol–water partition coefficient (Wildman–Crippen LogP) is 17.2. The molecule has 7 aromatic heterocycles. The summed E-state index contributed by atoms with van der Waals surface area (Å²) in [6, 6.07) is 43.4. The maximum atomic E-state index is 14.2. The van der Waals surface area contributed by atoms with Crippen LogP contribution in [-0.2, 0) is 63.4 Å². The third-order valence-electron chi connectivity index (χ3n) is 19.8. The summed E-state index contributed by atoms with van der Waals surface area (Å²) >= 11 is 12.1. The number of rotatable bonds is 27. The average Bonchev–Trinajstić information content (AvgIpc) is 0.832. The van der Waals surface area contributed by atoms with E-state index in [1.165, 1.54) is 56.2 Å². The minimum absolute atomic E-state index is 0.0347. The molecule has 16 rings (SSSR count). The van der Waals surface area contributed by atoms with E-state index in [1.54, 1.807) is 53.5 Å². The van der Waals surface area contributed by atoms with Crippen LogP contribution >= 0.6 is 23.2 Å². The minimum Gasteiger partial charge on any atom is -0.480 e. The lowest BCUT2D eigenvalue weighted by atomic mass is 10.1. The Balaban J connectivity index is 0.000000150. The first-order chi connectivity index (χ1) is 64.0. The number of halogens is 12. The van der Waals surface area contributed by atoms with Crippen molar-refractivity contribution in [2.24, 2.45) is 20.0 Å². The summed E-state index contributed by atoms with van der Waals surface area (Å²) in [5.74, 6) is 1.43. The first-order valence-electron chi connectivity index (χ1n) is 41.3. The van der Waals surface area contributed by atoms with Gasteiger partial charge in [-0.2, -0.15) is 26.3 Å². The van der Waals surface area contributed by atoms with Gasteiger partial charge in [0.05, 0.1) is 164 Å². The number of alkyl halides is 7. The zero-order valence-electron chi connectivity index (χ0n) is 71.5. The molecule has 0 saturated carbocycles. The van der Waals surface area contributed by atoms with Crippen LogP contribution in [0.1, 0.15) is 68.3 Å². The van der Waals surface area contributed by atoms with Crippen molar-refractivity contribution in [1.82, 2.24) is 54.8 Å². The number of nitrogens with one attached hydrogen (secondary N) is 4. The van der Waals surface area contributed by atoms with Crippen molar-refractivity contribution < 1.29 is 72.3 Å². The Labute approximate surface area is 762 Å². The van der Waals surface area contributed by atoms with Gasteiger partial charge in [-0.25, -0.2) is 72.4 Å². The van der Waals surface area contributed by atoms with E-state index in [9.17, 15) is 43.9 Å². The molecule has 4 aliphatic heterocycles. The van der Waals surface area contributed by atoms with E-state index in [2.05, 4.69) is 102 Å². The largest absolute Gasteiger partial charge is 0.480 e. The molecule has 5 aromatic carbocycles. The highest BCUT2D eigenvalue weighted by Crippen LogP contribution is 2.36. The van der Waals surface area contributed by atoms with Gasteiger partial charge in [0, 0.05) is 111 Å². The van der Waals surface area contributed by atoms with Gasteiger partial charge in [-0.15, -0.1) is 11.6 Å². The molecule has 0 unspecified atom stereocenters. The van der Waals surface area contributed by atoms with Gasteiger partial charge in [0.15, 0.2) is 69.8 Å². The van der Waals surface area contributed by atoms with Gasteiger partial charge in [-0.1, -0.05) is 54.1 Å². The Morgan fingerprint density at radius 2 is 0.720 bits per heavy atom. The van der Waals surface area contributed by atoms with Crippen LogP contribution in [0.5, 0.6) is 11.8 Å². The second kappa shape index (κ2) is 47.2. The molecule has 12 aromatic rings. The molecule has 0 aliphatic carbocycles. The van der Waals surface area contributed by atoms with E-state index < -0.39 is 46.7 Å². The van der Waals surface area contributed by atoms with Crippen molar-refractivity contribution in [2.45, 2.75) is 51.3 Å². The second-order valence-corrected chi connectivity index (χ2v) is 29.9. The van der Waals surface area contributed by atoms with E-state index in [4.69, 9.17) is 51.6 Å². The number of anilines is 12. The summed E-state index contributed by atoms with van der Waals surface area (Å²) in [6.45, 7) is 11.6. The van der Waals surface area contributed by atoms with Crippen LogP contribution in [0.25, 0.3) is 0 Å². The quantitative estimate of drug-likeness (QED) is 0.0211. The number of aromatic nitrogens is 11. The van der Waals surface area contributed by atoms with Crippen molar-refractivity contribution in [3.8, 4) is 11.8 Å². The van der Waals surface area contributed by atoms with E-state index in [0.29, 0.717) is 192 Å². The molecule has 688 valence electrons. The summed E-state index contributed by atoms with van der Waals surface area (Å²) in [5, 5.41) is 13.1. The van der Waals surface area contributed by atoms with E-state index in [0.717, 1.165) is 64.8 Å². The van der Waals surface area contributed by atoms with Gasteiger partial charge >= 0.3 is 12.4 Å². The topological polar surface area (TPSA) is 308 Å². The number of ether oxygens (including phenoxy) is 6. The Morgan fingerprint density at radius 1 is 0.379 bits per heavy atom. The number of aliphatic imine (C=N–C) groups is 4. The molecule has 4 aliphatic rings. The zero-order chi connectivity index (χ0) is 92.8. The number of pyridine rings is 3. The number of hydrogen-bond donors (Lipinski definition) is 4. The van der Waals surface area contributed by atoms with Crippen molar-refractivity contribution in [3.63, 3.8) is 0 Å². The maximum Gasteiger partial charge on any atom is 0.416 e. The molecular weight excluding hydrogens is 1770 g/mol. The highest BCUT2D eigenvalue weighted by molar-refractivity contribution is 6.30. The van der Waals surface area contributed by atoms with E-state index in [-0.39, 0.29) is 60.2 Å². The van der Waals surface area contributed by atoms with Crippen LogP contribution in [-0.4, -0.2) is 199 Å². The Morgan fingerprint density at radius 3 is 1.08 bits per heavy atom. The SMILES string of the molecule is COc1nc(C=NCc2ncc(F)c(N3CCOCC3)n2)ccc1Nc1cccc(C(F)(F)F)c1.COc1nc(C=NCc2ncc(F)c(N3CCOCC3)n2)ccc1Nc1cccc(Cl)c1.Cc1cc(Nc2ccccc2)ccc1C=NCc1ncc(F)c(N2CCOCC2)n1.Fc1cnc(CN=Cc2ccc(Nc3cccc(C(F)(F)F)c3)c(CCl)n2)nc1N1CCOCC1. The van der Waals surface area contributed by atoms with Crippen molar-refractivity contribution in [1.29, 1.82) is 0 Å². The molecule has 41 heteroatoms. The van der Waals surface area contributed by atoms with Crippen LogP contribution in [0.4, 0.5) is 113 Å². The fourth-order valence-corrected chi connectivity index (χ4v) is 13.7. The number of nitrogens with zero attached hydrogens (tertiary/aromatic N) is 19. The average molecular weight is 1860 g/mol. The lowest BCUT2D eigenvalue weighted by molar-refractivity contribution is -0.138.